The Labute approximate surface area is 253 Å². The molecule has 228 valence electrons. The summed E-state index contributed by atoms with van der Waals surface area (Å²) < 4.78 is 11.9. The number of amides is 2. The Hall–Kier alpha value is -2.88. The minimum Gasteiger partial charge on any atom is -0.480 e. The second-order valence-corrected chi connectivity index (χ2v) is 12.3. The Bertz CT molecular complexity index is 1210. The van der Waals surface area contributed by atoms with Crippen molar-refractivity contribution in [2.45, 2.75) is 70.6 Å². The first kappa shape index (κ1) is 32.0. The van der Waals surface area contributed by atoms with Crippen molar-refractivity contribution in [1.29, 1.82) is 0 Å². The minimum absolute atomic E-state index is 0.0314. The zero-order valence-electron chi connectivity index (χ0n) is 24.8. The van der Waals surface area contributed by atoms with E-state index in [4.69, 9.17) is 9.47 Å². The average molecular weight is 597 g/mol. The van der Waals surface area contributed by atoms with E-state index in [-0.39, 0.29) is 12.5 Å². The van der Waals surface area contributed by atoms with Crippen LogP contribution in [0.25, 0.3) is 11.1 Å². The third kappa shape index (κ3) is 8.82. The van der Waals surface area contributed by atoms with Crippen molar-refractivity contribution in [3.8, 4) is 11.1 Å². The van der Waals surface area contributed by atoms with Gasteiger partial charge in [0.1, 0.15) is 12.1 Å². The molecule has 2 atom stereocenters. The predicted molar refractivity (Wildman–Crippen MR) is 166 cm³/mol. The zero-order chi connectivity index (χ0) is 29.9. The number of aryl methyl sites for hydroxylation is 1. The van der Waals surface area contributed by atoms with Crippen LogP contribution in [0.15, 0.2) is 42.5 Å². The van der Waals surface area contributed by atoms with Crippen LogP contribution in [0.3, 0.4) is 0 Å². The molecular weight excluding hydrogens is 552 g/mol. The number of carboxylic acid groups (broad SMARTS) is 1. The Kier molecular flexibility index (Phi) is 12.3. The second-order valence-electron chi connectivity index (χ2n) is 11.3. The number of hydrogen-bond acceptors (Lipinski definition) is 6. The van der Waals surface area contributed by atoms with Gasteiger partial charge in [-0.05, 0) is 72.1 Å². The number of carbonyl (C=O) groups excluding carboxylic acids is 2. The molecular formula is C33H44N2O6S. The lowest BCUT2D eigenvalue weighted by molar-refractivity contribution is -0.150. The van der Waals surface area contributed by atoms with Crippen molar-refractivity contribution >= 4 is 29.5 Å². The number of carboxylic acids is 1. The summed E-state index contributed by atoms with van der Waals surface area (Å²) in [5.41, 5.74) is 3.86. The fourth-order valence-corrected chi connectivity index (χ4v) is 6.33. The molecule has 2 aromatic carbocycles. The second kappa shape index (κ2) is 16.1. The number of nitrogens with zero attached hydrogens (tertiary/aromatic N) is 1. The third-order valence-electron chi connectivity index (χ3n) is 8.30. The fourth-order valence-electron chi connectivity index (χ4n) is 5.86. The molecule has 1 aliphatic carbocycles. The van der Waals surface area contributed by atoms with Crippen molar-refractivity contribution in [2.75, 3.05) is 38.3 Å². The van der Waals surface area contributed by atoms with Gasteiger partial charge in [-0.2, -0.15) is 11.8 Å². The molecule has 9 heteroatoms. The van der Waals surface area contributed by atoms with Gasteiger partial charge in [0.25, 0.3) is 11.8 Å². The smallest absolute Gasteiger partial charge is 0.326 e. The van der Waals surface area contributed by atoms with Crippen LogP contribution in [0.1, 0.15) is 66.4 Å². The summed E-state index contributed by atoms with van der Waals surface area (Å²) in [7, 11) is 0. The molecule has 1 aliphatic heterocycles. The van der Waals surface area contributed by atoms with E-state index in [0.29, 0.717) is 61.9 Å². The van der Waals surface area contributed by atoms with E-state index in [2.05, 4.69) is 5.32 Å². The number of benzene rings is 2. The maximum absolute atomic E-state index is 13.5. The van der Waals surface area contributed by atoms with E-state index in [1.54, 1.807) is 17.8 Å². The van der Waals surface area contributed by atoms with Gasteiger partial charge < -0.3 is 24.8 Å². The number of aliphatic carboxylic acids is 1. The molecule has 2 amide bonds. The molecule has 2 aromatic rings. The third-order valence-corrected chi connectivity index (χ3v) is 8.94. The highest BCUT2D eigenvalue weighted by Crippen LogP contribution is 2.31. The Morgan fingerprint density at radius 1 is 1.07 bits per heavy atom. The van der Waals surface area contributed by atoms with Gasteiger partial charge in [0.15, 0.2) is 0 Å². The molecule has 2 unspecified atom stereocenters. The number of hydrogen-bond donors (Lipinski definition) is 2. The predicted octanol–water partition coefficient (Wildman–Crippen LogP) is 5.31. The van der Waals surface area contributed by atoms with Crippen LogP contribution in [0.5, 0.6) is 0 Å². The molecule has 2 N–H and O–H groups in total. The molecule has 1 heterocycles. The van der Waals surface area contributed by atoms with Crippen molar-refractivity contribution in [3.05, 3.63) is 59.2 Å². The van der Waals surface area contributed by atoms with Gasteiger partial charge >= 0.3 is 5.97 Å². The number of morpholine rings is 1. The maximum Gasteiger partial charge on any atom is 0.326 e. The van der Waals surface area contributed by atoms with Crippen molar-refractivity contribution in [3.63, 3.8) is 0 Å². The standard InChI is InChI=1S/C33H44N2O6S/c1-23-8-6-7-11-26(23)28-20-25(12-13-27(28)31(36)34-29(33(38)39)14-19-42-2)22-41-30(21-24-9-4-3-5-10-24)32(37)35-15-17-40-18-16-35/h6-8,11-13,20,24,29-30H,3-5,9-10,14-19,21-22H2,1-2H3,(H,34,36)(H,38,39). The summed E-state index contributed by atoms with van der Waals surface area (Å²) in [4.78, 5) is 40.6. The van der Waals surface area contributed by atoms with Crippen LogP contribution in [-0.2, 0) is 25.7 Å². The van der Waals surface area contributed by atoms with E-state index in [0.717, 1.165) is 29.5 Å². The highest BCUT2D eigenvalue weighted by Gasteiger charge is 2.30. The highest BCUT2D eigenvalue weighted by molar-refractivity contribution is 7.98. The summed E-state index contributed by atoms with van der Waals surface area (Å²) in [6.45, 7) is 4.48. The molecule has 4 rings (SSSR count). The van der Waals surface area contributed by atoms with E-state index in [1.165, 1.54) is 19.3 Å². The van der Waals surface area contributed by atoms with Gasteiger partial charge in [-0.15, -0.1) is 0 Å². The lowest BCUT2D eigenvalue weighted by Gasteiger charge is -2.32. The van der Waals surface area contributed by atoms with Crippen LogP contribution in [0, 0.1) is 12.8 Å². The molecule has 0 spiro atoms. The minimum atomic E-state index is -1.05. The molecule has 2 fully saturated rings. The molecule has 42 heavy (non-hydrogen) atoms. The van der Waals surface area contributed by atoms with E-state index >= 15 is 0 Å². The summed E-state index contributed by atoms with van der Waals surface area (Å²) in [5, 5.41) is 12.4. The first-order valence-electron chi connectivity index (χ1n) is 15.1. The Balaban J connectivity index is 1.57. The monoisotopic (exact) mass is 596 g/mol. The molecule has 8 nitrogen and oxygen atoms in total. The molecule has 0 radical (unpaired) electrons. The number of nitrogens with one attached hydrogen (secondary N) is 1. The number of ether oxygens (including phenoxy) is 2. The van der Waals surface area contributed by atoms with Crippen LogP contribution in [0.2, 0.25) is 0 Å². The topological polar surface area (TPSA) is 105 Å². The normalized spacial score (nSPS) is 17.4. The summed E-state index contributed by atoms with van der Waals surface area (Å²) in [6.07, 6.45) is 8.36. The average Bonchev–Trinajstić information content (AvgIpc) is 3.01. The van der Waals surface area contributed by atoms with Gasteiger partial charge in [0, 0.05) is 18.7 Å². The van der Waals surface area contributed by atoms with E-state index in [1.807, 2.05) is 54.5 Å². The lowest BCUT2D eigenvalue weighted by Crippen LogP contribution is -2.47. The maximum atomic E-state index is 13.5. The van der Waals surface area contributed by atoms with Gasteiger partial charge in [-0.3, -0.25) is 9.59 Å². The Morgan fingerprint density at radius 2 is 1.81 bits per heavy atom. The lowest BCUT2D eigenvalue weighted by atomic mass is 9.85. The molecule has 1 saturated heterocycles. The van der Waals surface area contributed by atoms with Crippen molar-refractivity contribution in [2.24, 2.45) is 5.92 Å². The fraction of sp³-hybridized carbons (Fsp3) is 0.545. The Morgan fingerprint density at radius 3 is 2.50 bits per heavy atom. The molecule has 2 aliphatic rings. The number of carbonyl (C=O) groups is 3. The summed E-state index contributed by atoms with van der Waals surface area (Å²) in [6, 6.07) is 12.4. The quantitative estimate of drug-likeness (QED) is 0.323. The van der Waals surface area contributed by atoms with Gasteiger partial charge in [-0.25, -0.2) is 4.79 Å². The summed E-state index contributed by atoms with van der Waals surface area (Å²) >= 11 is 1.54. The van der Waals surface area contributed by atoms with Crippen LogP contribution >= 0.6 is 11.8 Å². The van der Waals surface area contributed by atoms with Gasteiger partial charge in [0.2, 0.25) is 0 Å². The number of thioether (sulfide) groups is 1. The van der Waals surface area contributed by atoms with Gasteiger partial charge in [0.05, 0.1) is 19.8 Å². The first-order valence-corrected chi connectivity index (χ1v) is 16.5. The van der Waals surface area contributed by atoms with Crippen LogP contribution < -0.4 is 5.32 Å². The van der Waals surface area contributed by atoms with Crippen molar-refractivity contribution in [1.82, 2.24) is 10.2 Å². The largest absolute Gasteiger partial charge is 0.480 e. The SMILES string of the molecule is CSCCC(NC(=O)c1ccc(COC(CC2CCCCC2)C(=O)N2CCOCC2)cc1-c1ccccc1C)C(=O)O. The van der Waals surface area contributed by atoms with E-state index in [9.17, 15) is 19.5 Å². The first-order chi connectivity index (χ1) is 20.4. The van der Waals surface area contributed by atoms with Crippen LogP contribution in [-0.4, -0.2) is 78.2 Å². The molecule has 1 saturated carbocycles. The molecule has 0 aromatic heterocycles. The van der Waals surface area contributed by atoms with Crippen molar-refractivity contribution < 1.29 is 29.0 Å². The molecule has 0 bridgehead atoms. The van der Waals surface area contributed by atoms with E-state index < -0.39 is 24.0 Å². The van der Waals surface area contributed by atoms with Crippen LogP contribution in [0.4, 0.5) is 0 Å². The highest BCUT2D eigenvalue weighted by atomic mass is 32.2. The number of rotatable bonds is 13. The van der Waals surface area contributed by atoms with Gasteiger partial charge in [-0.1, -0.05) is 62.4 Å². The summed E-state index contributed by atoms with van der Waals surface area (Å²) in [5.74, 6) is -0.330. The zero-order valence-corrected chi connectivity index (χ0v) is 25.6.